The zero-order valence-corrected chi connectivity index (χ0v) is 12.1. The number of aryl methyl sites for hydroxylation is 2. The molecule has 0 aromatic carbocycles. The van der Waals surface area contributed by atoms with Crippen molar-refractivity contribution < 1.29 is 9.32 Å². The average molecular weight is 265 g/mol. The van der Waals surface area contributed by atoms with E-state index >= 15 is 0 Å². The minimum atomic E-state index is 0.259. The second kappa shape index (κ2) is 6.17. The molecule has 1 aromatic rings. The highest BCUT2D eigenvalue weighted by Gasteiger charge is 2.24. The molecule has 0 aliphatic carbocycles. The van der Waals surface area contributed by atoms with Gasteiger partial charge in [0.25, 0.3) is 0 Å². The number of carbonyl (C=O) groups is 1. The van der Waals surface area contributed by atoms with Crippen LogP contribution < -0.4 is 0 Å². The summed E-state index contributed by atoms with van der Waals surface area (Å²) in [6.07, 6.45) is 3.26. The summed E-state index contributed by atoms with van der Waals surface area (Å²) >= 11 is 0. The fourth-order valence-electron chi connectivity index (χ4n) is 2.86. The van der Waals surface area contributed by atoms with Crippen LogP contribution in [0, 0.1) is 18.8 Å². The lowest BCUT2D eigenvalue weighted by molar-refractivity contribution is -0.133. The van der Waals surface area contributed by atoms with Crippen LogP contribution in [0.1, 0.15) is 44.8 Å². The van der Waals surface area contributed by atoms with E-state index in [4.69, 9.17) is 4.52 Å². The van der Waals surface area contributed by atoms with Gasteiger partial charge in [-0.15, -0.1) is 0 Å². The Labute approximate surface area is 114 Å². The van der Waals surface area contributed by atoms with Gasteiger partial charge >= 0.3 is 0 Å². The summed E-state index contributed by atoms with van der Waals surface area (Å²) in [4.78, 5) is 18.3. The third-order valence-electron chi connectivity index (χ3n) is 3.57. The topological polar surface area (TPSA) is 59.2 Å². The van der Waals surface area contributed by atoms with E-state index in [1.807, 2.05) is 4.90 Å². The zero-order chi connectivity index (χ0) is 13.8. The first-order valence-corrected chi connectivity index (χ1v) is 7.11. The monoisotopic (exact) mass is 265 g/mol. The molecule has 1 aliphatic rings. The first kappa shape index (κ1) is 14.0. The number of aromatic nitrogens is 2. The van der Waals surface area contributed by atoms with Gasteiger partial charge in [-0.2, -0.15) is 4.98 Å². The second-order valence-corrected chi connectivity index (χ2v) is 5.83. The number of likely N-dealkylation sites (tertiary alicyclic amines) is 1. The Hall–Kier alpha value is -1.39. The molecular formula is C14H23N3O2. The highest BCUT2D eigenvalue weighted by molar-refractivity contribution is 5.76. The molecule has 2 unspecified atom stereocenters. The maximum Gasteiger partial charge on any atom is 0.226 e. The molecule has 2 atom stereocenters. The maximum atomic E-state index is 12.1. The summed E-state index contributed by atoms with van der Waals surface area (Å²) in [5, 5.41) is 3.74. The van der Waals surface area contributed by atoms with Gasteiger partial charge in [0, 0.05) is 25.9 Å². The smallest absolute Gasteiger partial charge is 0.226 e. The van der Waals surface area contributed by atoms with Gasteiger partial charge in [0.2, 0.25) is 11.8 Å². The molecule has 0 saturated carbocycles. The summed E-state index contributed by atoms with van der Waals surface area (Å²) in [5.74, 6) is 2.78. The lowest BCUT2D eigenvalue weighted by Gasteiger charge is -2.35. The van der Waals surface area contributed by atoms with Crippen LogP contribution in [0.5, 0.6) is 0 Å². The average Bonchev–Trinajstić information content (AvgIpc) is 2.73. The Balaban J connectivity index is 1.74. The number of piperidine rings is 1. The molecule has 1 aromatic heterocycles. The third-order valence-corrected chi connectivity index (χ3v) is 3.57. The van der Waals surface area contributed by atoms with Crippen molar-refractivity contribution in [3.8, 4) is 0 Å². The fraction of sp³-hybridized carbons (Fsp3) is 0.786. The SMILES string of the molecule is Cc1noc(CCCC(=O)N2CC(C)CC(C)C2)n1. The first-order valence-electron chi connectivity index (χ1n) is 7.11. The molecule has 2 rings (SSSR count). The molecule has 1 saturated heterocycles. The summed E-state index contributed by atoms with van der Waals surface area (Å²) in [5.41, 5.74) is 0. The van der Waals surface area contributed by atoms with Gasteiger partial charge in [-0.05, 0) is 31.6 Å². The molecule has 1 fully saturated rings. The van der Waals surface area contributed by atoms with Gasteiger partial charge in [0.05, 0.1) is 0 Å². The van der Waals surface area contributed by atoms with Gasteiger partial charge in [-0.1, -0.05) is 19.0 Å². The normalized spacial score (nSPS) is 23.6. The van der Waals surface area contributed by atoms with Crippen molar-refractivity contribution in [3.05, 3.63) is 11.7 Å². The van der Waals surface area contributed by atoms with Crippen LogP contribution in [0.3, 0.4) is 0 Å². The second-order valence-electron chi connectivity index (χ2n) is 5.83. The van der Waals surface area contributed by atoms with Crippen LogP contribution in [0.2, 0.25) is 0 Å². The number of nitrogens with zero attached hydrogens (tertiary/aromatic N) is 3. The van der Waals surface area contributed by atoms with Gasteiger partial charge in [0.1, 0.15) is 0 Å². The summed E-state index contributed by atoms with van der Waals surface area (Å²) in [7, 11) is 0. The van der Waals surface area contributed by atoms with E-state index in [-0.39, 0.29) is 5.91 Å². The molecule has 1 aliphatic heterocycles. The Bertz CT molecular complexity index is 420. The van der Waals surface area contributed by atoms with Crippen molar-refractivity contribution in [3.63, 3.8) is 0 Å². The van der Waals surface area contributed by atoms with E-state index in [1.165, 1.54) is 6.42 Å². The van der Waals surface area contributed by atoms with Gasteiger partial charge in [-0.25, -0.2) is 0 Å². The molecule has 0 bridgehead atoms. The van der Waals surface area contributed by atoms with Crippen LogP contribution in [0.4, 0.5) is 0 Å². The molecular weight excluding hydrogens is 242 g/mol. The van der Waals surface area contributed by atoms with Gasteiger partial charge in [0.15, 0.2) is 5.82 Å². The molecule has 19 heavy (non-hydrogen) atoms. The molecule has 2 heterocycles. The summed E-state index contributed by atoms with van der Waals surface area (Å²) < 4.78 is 5.04. The number of hydrogen-bond acceptors (Lipinski definition) is 4. The predicted octanol–water partition coefficient (Wildman–Crippen LogP) is 2.21. The third kappa shape index (κ3) is 4.04. The van der Waals surface area contributed by atoms with Gasteiger partial charge < -0.3 is 9.42 Å². The van der Waals surface area contributed by atoms with Crippen molar-refractivity contribution >= 4 is 5.91 Å². The van der Waals surface area contributed by atoms with E-state index in [9.17, 15) is 4.79 Å². The maximum absolute atomic E-state index is 12.1. The van der Waals surface area contributed by atoms with Crippen molar-refractivity contribution in [1.29, 1.82) is 0 Å². The van der Waals surface area contributed by atoms with E-state index in [0.717, 1.165) is 19.5 Å². The largest absolute Gasteiger partial charge is 0.342 e. The molecule has 0 N–H and O–H groups in total. The Morgan fingerprint density at radius 2 is 2.05 bits per heavy atom. The highest BCUT2D eigenvalue weighted by Crippen LogP contribution is 2.21. The quantitative estimate of drug-likeness (QED) is 0.837. The van der Waals surface area contributed by atoms with Crippen LogP contribution in [0.25, 0.3) is 0 Å². The van der Waals surface area contributed by atoms with E-state index in [1.54, 1.807) is 6.92 Å². The van der Waals surface area contributed by atoms with Gasteiger partial charge in [-0.3, -0.25) is 4.79 Å². The standard InChI is InChI=1S/C14H23N3O2/c1-10-7-11(2)9-17(8-10)14(18)6-4-5-13-15-12(3)16-19-13/h10-11H,4-9H2,1-3H3. The number of amides is 1. The minimum Gasteiger partial charge on any atom is -0.342 e. The zero-order valence-electron chi connectivity index (χ0n) is 12.1. The summed E-state index contributed by atoms with van der Waals surface area (Å²) in [6, 6.07) is 0. The molecule has 5 heteroatoms. The summed E-state index contributed by atoms with van der Waals surface area (Å²) in [6.45, 7) is 8.05. The predicted molar refractivity (Wildman–Crippen MR) is 71.5 cm³/mol. The van der Waals surface area contributed by atoms with Crippen molar-refractivity contribution in [2.24, 2.45) is 11.8 Å². The van der Waals surface area contributed by atoms with Crippen LogP contribution in [-0.4, -0.2) is 34.0 Å². The van der Waals surface area contributed by atoms with Crippen molar-refractivity contribution in [1.82, 2.24) is 15.0 Å². The van der Waals surface area contributed by atoms with Crippen LogP contribution in [-0.2, 0) is 11.2 Å². The number of carbonyl (C=O) groups excluding carboxylic acids is 1. The van der Waals surface area contributed by atoms with E-state index < -0.39 is 0 Å². The first-order chi connectivity index (χ1) is 9.04. The minimum absolute atomic E-state index is 0.259. The van der Waals surface area contributed by atoms with Crippen LogP contribution in [0.15, 0.2) is 4.52 Å². The lowest BCUT2D eigenvalue weighted by atomic mass is 9.91. The van der Waals surface area contributed by atoms with Crippen molar-refractivity contribution in [2.75, 3.05) is 13.1 Å². The van der Waals surface area contributed by atoms with E-state index in [2.05, 4.69) is 24.0 Å². The van der Waals surface area contributed by atoms with Crippen molar-refractivity contribution in [2.45, 2.75) is 46.5 Å². The molecule has 5 nitrogen and oxygen atoms in total. The highest BCUT2D eigenvalue weighted by atomic mass is 16.5. The Morgan fingerprint density at radius 1 is 1.37 bits per heavy atom. The van der Waals surface area contributed by atoms with E-state index in [0.29, 0.717) is 36.4 Å². The lowest BCUT2D eigenvalue weighted by Crippen LogP contribution is -2.42. The fourth-order valence-corrected chi connectivity index (χ4v) is 2.86. The number of hydrogen-bond donors (Lipinski definition) is 0. The molecule has 0 spiro atoms. The van der Waals surface area contributed by atoms with Crippen LogP contribution >= 0.6 is 0 Å². The molecule has 1 amide bonds. The molecule has 106 valence electrons. The molecule has 0 radical (unpaired) electrons. The number of rotatable bonds is 4. The Morgan fingerprint density at radius 3 is 2.63 bits per heavy atom. The Kier molecular flexibility index (Phi) is 4.56.